The maximum absolute atomic E-state index is 12.0. The van der Waals surface area contributed by atoms with E-state index in [1.54, 1.807) is 12.4 Å². The van der Waals surface area contributed by atoms with Crippen LogP contribution in [0.2, 0.25) is 0 Å². The van der Waals surface area contributed by atoms with Crippen LogP contribution in [-0.4, -0.2) is 20.2 Å². The van der Waals surface area contributed by atoms with Crippen LogP contribution in [0.3, 0.4) is 0 Å². The molecule has 1 N–H and O–H groups in total. The first-order valence-corrected chi connectivity index (χ1v) is 5.64. The van der Waals surface area contributed by atoms with E-state index < -0.39 is 5.97 Å². The molecule has 5 heteroatoms. The molecule has 0 aliphatic heterocycles. The number of carboxylic acids is 1. The van der Waals surface area contributed by atoms with E-state index in [4.69, 9.17) is 5.11 Å². The van der Waals surface area contributed by atoms with E-state index in [0.29, 0.717) is 0 Å². The second kappa shape index (κ2) is 4.91. The summed E-state index contributed by atoms with van der Waals surface area (Å²) in [7, 11) is 0. The molecule has 0 atom stereocenters. The highest BCUT2D eigenvalue weighted by Crippen LogP contribution is 2.07. The molecule has 94 valence electrons. The lowest BCUT2D eigenvalue weighted by atomic mass is 10.2. The number of carboxylic acid groups (broad SMARTS) is 1. The molecule has 2 aromatic rings. The number of aryl methyl sites for hydroxylation is 2. The molecule has 0 amide bonds. The molecule has 0 unspecified atom stereocenters. The monoisotopic (exact) mass is 246 g/mol. The molecule has 1 aromatic heterocycles. The van der Waals surface area contributed by atoms with E-state index in [0.717, 1.165) is 11.3 Å². The van der Waals surface area contributed by atoms with Crippen LogP contribution in [0, 0.1) is 6.92 Å². The molecule has 0 saturated heterocycles. The van der Waals surface area contributed by atoms with Gasteiger partial charge in [0.25, 0.3) is 0 Å². The molecular formula is C13H14N2O3. The van der Waals surface area contributed by atoms with Crippen molar-refractivity contribution in [1.82, 2.24) is 9.13 Å². The first-order valence-electron chi connectivity index (χ1n) is 5.64. The highest BCUT2D eigenvalue weighted by molar-refractivity contribution is 5.66. The second-order valence-electron chi connectivity index (χ2n) is 4.12. The van der Waals surface area contributed by atoms with Crippen LogP contribution in [0.15, 0.2) is 41.5 Å². The zero-order valence-corrected chi connectivity index (χ0v) is 10.0. The van der Waals surface area contributed by atoms with Crippen molar-refractivity contribution in [3.8, 4) is 5.69 Å². The summed E-state index contributed by atoms with van der Waals surface area (Å²) in [6, 6.07) is 7.57. The standard InChI is InChI=1S/C13H14N2O3/c1-10-2-4-11(5-3-10)15-9-8-14(13(15)18)7-6-12(16)17/h2-5,8-9H,6-7H2,1H3,(H,16,17). The number of aliphatic carboxylic acids is 1. The number of aromatic nitrogens is 2. The predicted octanol–water partition coefficient (Wildman–Crippen LogP) is 1.42. The summed E-state index contributed by atoms with van der Waals surface area (Å²) < 4.78 is 2.90. The molecule has 0 radical (unpaired) electrons. The summed E-state index contributed by atoms with van der Waals surface area (Å²) in [4.78, 5) is 22.5. The summed E-state index contributed by atoms with van der Waals surface area (Å²) in [5, 5.41) is 8.60. The van der Waals surface area contributed by atoms with Gasteiger partial charge in [0.2, 0.25) is 0 Å². The van der Waals surface area contributed by atoms with Gasteiger partial charge in [-0.1, -0.05) is 17.7 Å². The van der Waals surface area contributed by atoms with Crippen molar-refractivity contribution < 1.29 is 9.90 Å². The normalized spacial score (nSPS) is 10.5. The van der Waals surface area contributed by atoms with Gasteiger partial charge in [-0.2, -0.15) is 0 Å². The van der Waals surface area contributed by atoms with Gasteiger partial charge in [0.15, 0.2) is 0 Å². The Bertz CT molecular complexity index is 608. The maximum atomic E-state index is 12.0. The fourth-order valence-corrected chi connectivity index (χ4v) is 1.70. The molecule has 0 spiro atoms. The molecule has 0 fully saturated rings. The summed E-state index contributed by atoms with van der Waals surface area (Å²) in [5.74, 6) is -0.912. The number of rotatable bonds is 4. The van der Waals surface area contributed by atoms with Gasteiger partial charge < -0.3 is 5.11 Å². The van der Waals surface area contributed by atoms with E-state index >= 15 is 0 Å². The molecule has 1 aromatic carbocycles. The number of hydrogen-bond acceptors (Lipinski definition) is 2. The van der Waals surface area contributed by atoms with Gasteiger partial charge in [0.1, 0.15) is 0 Å². The van der Waals surface area contributed by atoms with Crippen LogP contribution in [0.4, 0.5) is 0 Å². The average molecular weight is 246 g/mol. The van der Waals surface area contributed by atoms with Gasteiger partial charge in [-0.05, 0) is 19.1 Å². The summed E-state index contributed by atoms with van der Waals surface area (Å²) in [6.45, 7) is 2.16. The van der Waals surface area contributed by atoms with Crippen LogP contribution in [-0.2, 0) is 11.3 Å². The van der Waals surface area contributed by atoms with Crippen LogP contribution >= 0.6 is 0 Å². The van der Waals surface area contributed by atoms with Gasteiger partial charge >= 0.3 is 11.7 Å². The summed E-state index contributed by atoms with van der Waals surface area (Å²) in [5.41, 5.74) is 1.68. The third-order valence-electron chi connectivity index (χ3n) is 2.73. The van der Waals surface area contributed by atoms with Crippen molar-refractivity contribution in [1.29, 1.82) is 0 Å². The van der Waals surface area contributed by atoms with E-state index in [9.17, 15) is 9.59 Å². The topological polar surface area (TPSA) is 64.2 Å². The number of nitrogens with zero attached hydrogens (tertiary/aromatic N) is 2. The van der Waals surface area contributed by atoms with E-state index in [2.05, 4.69) is 0 Å². The second-order valence-corrected chi connectivity index (χ2v) is 4.12. The Kier molecular flexibility index (Phi) is 3.32. The molecule has 2 rings (SSSR count). The van der Waals surface area contributed by atoms with Crippen molar-refractivity contribution >= 4 is 5.97 Å². The van der Waals surface area contributed by atoms with Crippen LogP contribution in [0.25, 0.3) is 5.69 Å². The van der Waals surface area contributed by atoms with E-state index in [1.807, 2.05) is 31.2 Å². The minimum Gasteiger partial charge on any atom is -0.481 e. The van der Waals surface area contributed by atoms with Gasteiger partial charge in [0.05, 0.1) is 12.1 Å². The first kappa shape index (κ1) is 12.2. The van der Waals surface area contributed by atoms with Crippen molar-refractivity contribution in [3.63, 3.8) is 0 Å². The minimum atomic E-state index is -0.912. The van der Waals surface area contributed by atoms with Crippen molar-refractivity contribution in [2.75, 3.05) is 0 Å². The Morgan fingerprint density at radius 2 is 1.89 bits per heavy atom. The highest BCUT2D eigenvalue weighted by Gasteiger charge is 2.06. The number of benzene rings is 1. The third-order valence-corrected chi connectivity index (χ3v) is 2.73. The molecule has 0 aliphatic carbocycles. The molecule has 0 aliphatic rings. The molecule has 18 heavy (non-hydrogen) atoms. The highest BCUT2D eigenvalue weighted by atomic mass is 16.4. The molecule has 1 heterocycles. The van der Waals surface area contributed by atoms with E-state index in [-0.39, 0.29) is 18.7 Å². The third kappa shape index (κ3) is 2.51. The lowest BCUT2D eigenvalue weighted by Gasteiger charge is -2.02. The van der Waals surface area contributed by atoms with Gasteiger partial charge in [-0.3, -0.25) is 13.9 Å². The lowest BCUT2D eigenvalue weighted by Crippen LogP contribution is -2.23. The Morgan fingerprint density at radius 3 is 2.50 bits per heavy atom. The van der Waals surface area contributed by atoms with Crippen LogP contribution < -0.4 is 5.69 Å². The van der Waals surface area contributed by atoms with Gasteiger partial charge in [0, 0.05) is 18.9 Å². The smallest absolute Gasteiger partial charge is 0.332 e. The SMILES string of the molecule is Cc1ccc(-n2ccn(CCC(=O)O)c2=O)cc1. The maximum Gasteiger partial charge on any atom is 0.332 e. The summed E-state index contributed by atoms with van der Waals surface area (Å²) in [6.07, 6.45) is 3.19. The zero-order chi connectivity index (χ0) is 13.1. The number of imidazole rings is 1. The Hall–Kier alpha value is -2.30. The van der Waals surface area contributed by atoms with Gasteiger partial charge in [-0.25, -0.2) is 4.79 Å². The van der Waals surface area contributed by atoms with Crippen molar-refractivity contribution in [3.05, 3.63) is 52.7 Å². The van der Waals surface area contributed by atoms with Crippen LogP contribution in [0.5, 0.6) is 0 Å². The largest absolute Gasteiger partial charge is 0.481 e. The fraction of sp³-hybridized carbons (Fsp3) is 0.231. The predicted molar refractivity (Wildman–Crippen MR) is 67.0 cm³/mol. The van der Waals surface area contributed by atoms with Crippen LogP contribution in [0.1, 0.15) is 12.0 Å². The lowest BCUT2D eigenvalue weighted by molar-refractivity contribution is -0.137. The fourth-order valence-electron chi connectivity index (χ4n) is 1.70. The summed E-state index contributed by atoms with van der Waals surface area (Å²) >= 11 is 0. The first-order chi connectivity index (χ1) is 8.58. The van der Waals surface area contributed by atoms with Gasteiger partial charge in [-0.15, -0.1) is 0 Å². The Morgan fingerprint density at radius 1 is 1.22 bits per heavy atom. The number of hydrogen-bond donors (Lipinski definition) is 1. The van der Waals surface area contributed by atoms with E-state index in [1.165, 1.54) is 9.13 Å². The molecule has 0 bridgehead atoms. The quantitative estimate of drug-likeness (QED) is 0.887. The molecular weight excluding hydrogens is 232 g/mol. The zero-order valence-electron chi connectivity index (χ0n) is 10.0. The minimum absolute atomic E-state index is 0.0577. The van der Waals surface area contributed by atoms with Crippen molar-refractivity contribution in [2.24, 2.45) is 0 Å². The average Bonchev–Trinajstić information content (AvgIpc) is 2.69. The molecule has 5 nitrogen and oxygen atoms in total. The number of carbonyl (C=O) groups is 1. The Balaban J connectivity index is 2.28. The Labute approximate surface area is 104 Å². The molecule has 0 saturated carbocycles. The van der Waals surface area contributed by atoms with Crippen molar-refractivity contribution in [2.45, 2.75) is 19.9 Å².